The molecule has 0 aromatic heterocycles. The van der Waals surface area contributed by atoms with E-state index in [1.54, 1.807) is 31.2 Å². The largest absolute Gasteiger partial charge is 0.393 e. The van der Waals surface area contributed by atoms with Gasteiger partial charge >= 0.3 is 0 Å². The van der Waals surface area contributed by atoms with E-state index in [4.69, 9.17) is 24.7 Å². The molecule has 0 unspecified atom stereocenters. The zero-order valence-electron chi connectivity index (χ0n) is 26.4. The van der Waals surface area contributed by atoms with Crippen molar-refractivity contribution in [2.75, 3.05) is 0 Å². The molecule has 0 radical (unpaired) electrons. The minimum Gasteiger partial charge on any atom is -0.393 e. The van der Waals surface area contributed by atoms with Gasteiger partial charge in [-0.25, -0.2) is 0 Å². The first kappa shape index (κ1) is 35.8. The highest BCUT2D eigenvalue weighted by atomic mass is 16.7. The van der Waals surface area contributed by atoms with Crippen LogP contribution in [0.2, 0.25) is 0 Å². The molecule has 14 atom stereocenters. The lowest BCUT2D eigenvalue weighted by atomic mass is 9.84. The Balaban J connectivity index is 1.53. The number of aliphatic hydroxyl groups is 5. The minimum absolute atomic E-state index is 0.0197. The van der Waals surface area contributed by atoms with E-state index in [2.05, 4.69) is 0 Å². The Morgan fingerprint density at radius 1 is 0.889 bits per heavy atom. The summed E-state index contributed by atoms with van der Waals surface area (Å²) in [6.45, 7) is 5.48. The lowest BCUT2D eigenvalue weighted by molar-refractivity contribution is -0.308. The van der Waals surface area contributed by atoms with Gasteiger partial charge < -0.3 is 50.2 Å². The summed E-state index contributed by atoms with van der Waals surface area (Å²) >= 11 is 0. The van der Waals surface area contributed by atoms with Crippen LogP contribution in [-0.4, -0.2) is 104 Å². The van der Waals surface area contributed by atoms with E-state index in [-0.39, 0.29) is 55.5 Å². The Labute approximate surface area is 265 Å². The van der Waals surface area contributed by atoms with Crippen molar-refractivity contribution in [3.8, 4) is 0 Å². The van der Waals surface area contributed by atoms with Gasteiger partial charge in [0.2, 0.25) is 0 Å². The molecule has 2 bridgehead atoms. The van der Waals surface area contributed by atoms with Gasteiger partial charge in [-0.1, -0.05) is 62.5 Å². The Hall–Kier alpha value is -2.03. The summed E-state index contributed by atoms with van der Waals surface area (Å²) in [6.07, 6.45) is 11.6. The van der Waals surface area contributed by atoms with Crippen molar-refractivity contribution in [2.24, 2.45) is 17.6 Å². The number of ether oxygens (including phenoxy) is 4. The monoisotopic (exact) mass is 633 g/mol. The summed E-state index contributed by atoms with van der Waals surface area (Å²) in [5, 5.41) is 54.1. The van der Waals surface area contributed by atoms with Gasteiger partial charge in [-0.05, 0) is 31.4 Å². The van der Waals surface area contributed by atoms with Crippen LogP contribution in [0.1, 0.15) is 59.3 Å². The minimum atomic E-state index is -1.80. The van der Waals surface area contributed by atoms with Gasteiger partial charge in [-0.2, -0.15) is 0 Å². The van der Waals surface area contributed by atoms with Crippen LogP contribution in [0.5, 0.6) is 0 Å². The van der Waals surface area contributed by atoms with Gasteiger partial charge in [0.05, 0.1) is 48.8 Å². The molecule has 7 N–H and O–H groups in total. The third-order valence-electron chi connectivity index (χ3n) is 9.02. The van der Waals surface area contributed by atoms with E-state index in [1.807, 2.05) is 50.3 Å². The lowest BCUT2D eigenvalue weighted by Gasteiger charge is -2.45. The molecule has 0 aromatic carbocycles. The van der Waals surface area contributed by atoms with Crippen LogP contribution in [0.4, 0.5) is 0 Å². The summed E-state index contributed by atoms with van der Waals surface area (Å²) in [6, 6.07) is -0.970. The van der Waals surface area contributed by atoms with Crippen LogP contribution in [0.25, 0.3) is 0 Å². The molecule has 0 aliphatic carbocycles. The number of ketones is 1. The van der Waals surface area contributed by atoms with Crippen molar-refractivity contribution in [1.82, 2.24) is 0 Å². The number of fused-ring (bicyclic) bond motifs is 3. The van der Waals surface area contributed by atoms with Crippen molar-refractivity contribution in [3.05, 3.63) is 60.8 Å². The molecule has 4 rings (SSSR count). The van der Waals surface area contributed by atoms with Crippen LogP contribution in [0, 0.1) is 11.8 Å². The number of nitrogens with two attached hydrogens (primary N) is 1. The molecule has 4 aliphatic rings. The third kappa shape index (κ3) is 10.5. The maximum atomic E-state index is 12.4. The maximum absolute atomic E-state index is 12.4. The number of carbonyl (C=O) groups excluding carboxylic acids is 1. The Bertz CT molecular complexity index is 1120. The zero-order chi connectivity index (χ0) is 32.7. The van der Waals surface area contributed by atoms with Gasteiger partial charge in [0.1, 0.15) is 12.2 Å². The second-order valence-corrected chi connectivity index (χ2v) is 13.1. The number of hydrogen-bond donors (Lipinski definition) is 6. The van der Waals surface area contributed by atoms with E-state index < -0.39 is 60.8 Å². The van der Waals surface area contributed by atoms with Crippen LogP contribution < -0.4 is 5.73 Å². The number of aliphatic hydroxyl groups excluding tert-OH is 4. The van der Waals surface area contributed by atoms with Crippen molar-refractivity contribution in [1.29, 1.82) is 0 Å². The summed E-state index contributed by atoms with van der Waals surface area (Å²) in [7, 11) is 0. The van der Waals surface area contributed by atoms with E-state index in [1.165, 1.54) is 0 Å². The van der Waals surface area contributed by atoms with E-state index in [0.29, 0.717) is 6.42 Å². The van der Waals surface area contributed by atoms with Gasteiger partial charge in [-0.3, -0.25) is 4.79 Å². The highest BCUT2D eigenvalue weighted by molar-refractivity contribution is 5.89. The van der Waals surface area contributed by atoms with Gasteiger partial charge in [0.15, 0.2) is 17.9 Å². The SMILES string of the molecule is C[C@H]1C/C=C/C=C/C=C/C=C/[C@@H](O[C@@H]2O[C@H](C)[C@@H](O)[C@H](N)[C@@H]2O)C[C@H]2O[C@@](O)(C[C@H](O)C[C@@H]3O[C@H]3/C=C/C(=O)C1)C[C@@H](O)[C@@H]2C. The third-order valence-corrected chi connectivity index (χ3v) is 9.02. The molecule has 0 spiro atoms. The highest BCUT2D eigenvalue weighted by Gasteiger charge is 2.48. The average molecular weight is 634 g/mol. The van der Waals surface area contributed by atoms with Gasteiger partial charge in [0.25, 0.3) is 0 Å². The predicted molar refractivity (Wildman–Crippen MR) is 166 cm³/mol. The molecule has 0 aromatic rings. The van der Waals surface area contributed by atoms with Crippen molar-refractivity contribution in [2.45, 2.75) is 132 Å². The molecule has 0 saturated carbocycles. The lowest BCUT2D eigenvalue weighted by Crippen LogP contribution is -2.61. The quantitative estimate of drug-likeness (QED) is 0.243. The fourth-order valence-corrected chi connectivity index (χ4v) is 6.12. The first-order valence-corrected chi connectivity index (χ1v) is 16.1. The molecule has 45 heavy (non-hydrogen) atoms. The van der Waals surface area contributed by atoms with E-state index >= 15 is 0 Å². The maximum Gasteiger partial charge on any atom is 0.186 e. The molecule has 3 fully saturated rings. The number of epoxide rings is 1. The first-order chi connectivity index (χ1) is 21.3. The molecule has 3 saturated heterocycles. The Morgan fingerprint density at radius 3 is 2.36 bits per heavy atom. The van der Waals surface area contributed by atoms with Crippen molar-refractivity contribution < 1.29 is 49.3 Å². The molecule has 11 nitrogen and oxygen atoms in total. The standard InChI is InChI=1S/C34H51NO10/c1-20-11-9-7-5-4-6-8-10-12-25(43-33-32(40)30(35)31(39)22(3)42-33)17-28-21(2)26(38)19-34(41,45-28)18-24(37)16-29-27(44-29)14-13-23(36)15-20/h4-10,12-14,20-22,24-33,37-41H,11,15-19,35H2,1-3H3/b5-4+,8-6+,9-7+,12-10+,14-13+/t20-,21-,22+,24+,25+,26+,27-,28+,29-,30-,31+,32-,33-,34-/m0/s1. The van der Waals surface area contributed by atoms with Crippen molar-refractivity contribution >= 4 is 5.78 Å². The van der Waals surface area contributed by atoms with Gasteiger partial charge in [0, 0.05) is 38.0 Å². The number of carbonyl (C=O) groups is 1. The Morgan fingerprint density at radius 2 is 1.60 bits per heavy atom. The molecule has 4 heterocycles. The van der Waals surface area contributed by atoms with Crippen LogP contribution >= 0.6 is 0 Å². The van der Waals surface area contributed by atoms with Crippen LogP contribution in [-0.2, 0) is 23.7 Å². The summed E-state index contributed by atoms with van der Waals surface area (Å²) in [5.41, 5.74) is 6.02. The van der Waals surface area contributed by atoms with Crippen molar-refractivity contribution in [3.63, 3.8) is 0 Å². The summed E-state index contributed by atoms with van der Waals surface area (Å²) in [5.74, 6) is -1.99. The first-order valence-electron chi connectivity index (χ1n) is 16.1. The summed E-state index contributed by atoms with van der Waals surface area (Å²) in [4.78, 5) is 12.4. The topological polar surface area (TPSA) is 184 Å². The Kier molecular flexibility index (Phi) is 12.9. The predicted octanol–water partition coefficient (Wildman–Crippen LogP) is 1.72. The summed E-state index contributed by atoms with van der Waals surface area (Å²) < 4.78 is 23.7. The normalized spacial score (nSPS) is 49.1. The van der Waals surface area contributed by atoms with E-state index in [0.717, 1.165) is 6.42 Å². The number of allylic oxidation sites excluding steroid dienone is 8. The van der Waals surface area contributed by atoms with Crippen LogP contribution in [0.15, 0.2) is 60.8 Å². The van der Waals surface area contributed by atoms with Crippen LogP contribution in [0.3, 0.4) is 0 Å². The molecule has 11 heteroatoms. The average Bonchev–Trinajstić information content (AvgIpc) is 3.71. The smallest absolute Gasteiger partial charge is 0.186 e. The molecule has 252 valence electrons. The number of rotatable bonds is 2. The highest BCUT2D eigenvalue weighted by Crippen LogP contribution is 2.38. The van der Waals surface area contributed by atoms with Gasteiger partial charge in [-0.15, -0.1) is 0 Å². The molecule has 0 amide bonds. The second-order valence-electron chi connectivity index (χ2n) is 13.1. The molecular formula is C34H51NO10. The molecular weight excluding hydrogens is 582 g/mol. The zero-order valence-corrected chi connectivity index (χ0v) is 26.4. The van der Waals surface area contributed by atoms with E-state index in [9.17, 15) is 30.3 Å². The molecule has 4 aliphatic heterocycles. The second kappa shape index (κ2) is 16.2. The fourth-order valence-electron chi connectivity index (χ4n) is 6.12. The number of hydrogen-bond acceptors (Lipinski definition) is 11. The fraction of sp³-hybridized carbons (Fsp3) is 0.676.